The Labute approximate surface area is 121 Å². The number of aliphatic hydroxyl groups excluding tert-OH is 1. The number of nitrogens with zero attached hydrogens (tertiary/aromatic N) is 2. The molecular formula is C15H26FN3O. The molecule has 0 radical (unpaired) electrons. The Balaban J connectivity index is 2.66. The van der Waals surface area contributed by atoms with Crippen molar-refractivity contribution in [1.29, 1.82) is 0 Å². The molecule has 1 aromatic heterocycles. The van der Waals surface area contributed by atoms with E-state index in [0.717, 1.165) is 31.7 Å². The summed E-state index contributed by atoms with van der Waals surface area (Å²) in [6.07, 6.45) is 2.05. The maximum Gasteiger partial charge on any atom is 0.141 e. The third-order valence-electron chi connectivity index (χ3n) is 3.57. The molecule has 2 unspecified atom stereocenters. The number of aromatic nitrogens is 1. The molecule has 0 aliphatic heterocycles. The van der Waals surface area contributed by atoms with Gasteiger partial charge >= 0.3 is 0 Å². The van der Waals surface area contributed by atoms with Gasteiger partial charge in [0.15, 0.2) is 0 Å². The van der Waals surface area contributed by atoms with Crippen molar-refractivity contribution in [3.05, 3.63) is 29.8 Å². The first-order valence-electron chi connectivity index (χ1n) is 7.24. The third kappa shape index (κ3) is 5.15. The molecule has 1 aromatic rings. The van der Waals surface area contributed by atoms with E-state index in [9.17, 15) is 4.39 Å². The van der Waals surface area contributed by atoms with E-state index in [0.29, 0.717) is 5.92 Å². The quantitative estimate of drug-likeness (QED) is 0.726. The summed E-state index contributed by atoms with van der Waals surface area (Å²) in [6, 6.07) is 3.28. The SMILES string of the molecule is CCN(CCCO)CC(C)C(NC)c1ccc(F)cn1. The molecule has 1 rings (SSSR count). The Morgan fingerprint density at radius 3 is 2.70 bits per heavy atom. The van der Waals surface area contributed by atoms with Crippen LogP contribution in [0.1, 0.15) is 32.0 Å². The van der Waals surface area contributed by atoms with E-state index in [1.165, 1.54) is 12.3 Å². The summed E-state index contributed by atoms with van der Waals surface area (Å²) < 4.78 is 12.9. The second kappa shape index (κ2) is 9.00. The normalized spacial score (nSPS) is 14.5. The van der Waals surface area contributed by atoms with Crippen molar-refractivity contribution in [3.63, 3.8) is 0 Å². The number of pyridine rings is 1. The monoisotopic (exact) mass is 283 g/mol. The Bertz CT molecular complexity index is 372. The van der Waals surface area contributed by atoms with Crippen LogP contribution in [0.3, 0.4) is 0 Å². The smallest absolute Gasteiger partial charge is 0.141 e. The summed E-state index contributed by atoms with van der Waals surface area (Å²) in [4.78, 5) is 6.48. The molecule has 4 nitrogen and oxygen atoms in total. The number of aliphatic hydroxyl groups is 1. The largest absolute Gasteiger partial charge is 0.396 e. The van der Waals surface area contributed by atoms with Crippen molar-refractivity contribution < 1.29 is 9.50 Å². The first-order valence-corrected chi connectivity index (χ1v) is 7.24. The van der Waals surface area contributed by atoms with Crippen LogP contribution in [-0.2, 0) is 0 Å². The number of hydrogen-bond donors (Lipinski definition) is 2. The van der Waals surface area contributed by atoms with E-state index < -0.39 is 0 Å². The fourth-order valence-electron chi connectivity index (χ4n) is 2.48. The highest BCUT2D eigenvalue weighted by Gasteiger charge is 2.20. The van der Waals surface area contributed by atoms with Crippen molar-refractivity contribution >= 4 is 0 Å². The third-order valence-corrected chi connectivity index (χ3v) is 3.57. The van der Waals surface area contributed by atoms with Crippen LogP contribution in [0.5, 0.6) is 0 Å². The Hall–Kier alpha value is -1.04. The van der Waals surface area contributed by atoms with Crippen LogP contribution in [-0.4, -0.2) is 48.3 Å². The molecule has 0 aliphatic carbocycles. The minimum absolute atomic E-state index is 0.0961. The second-order valence-electron chi connectivity index (χ2n) is 5.12. The average molecular weight is 283 g/mol. The highest BCUT2D eigenvalue weighted by Crippen LogP contribution is 2.21. The van der Waals surface area contributed by atoms with Crippen molar-refractivity contribution in [3.8, 4) is 0 Å². The minimum Gasteiger partial charge on any atom is -0.396 e. The molecule has 2 atom stereocenters. The molecule has 1 heterocycles. The molecule has 0 spiro atoms. The van der Waals surface area contributed by atoms with Crippen LogP contribution in [0, 0.1) is 11.7 Å². The van der Waals surface area contributed by atoms with Crippen LogP contribution < -0.4 is 5.32 Å². The lowest BCUT2D eigenvalue weighted by atomic mass is 9.97. The lowest BCUT2D eigenvalue weighted by Crippen LogP contribution is -2.36. The van der Waals surface area contributed by atoms with Gasteiger partial charge in [-0.05, 0) is 38.1 Å². The van der Waals surface area contributed by atoms with Gasteiger partial charge in [-0.25, -0.2) is 4.39 Å². The predicted octanol–water partition coefficient (Wildman–Crippen LogP) is 1.82. The van der Waals surface area contributed by atoms with Crippen LogP contribution >= 0.6 is 0 Å². The minimum atomic E-state index is -0.311. The van der Waals surface area contributed by atoms with Gasteiger partial charge in [0.25, 0.3) is 0 Å². The molecule has 0 bridgehead atoms. The predicted molar refractivity (Wildman–Crippen MR) is 79.0 cm³/mol. The summed E-state index contributed by atoms with van der Waals surface area (Å²) in [5, 5.41) is 12.2. The van der Waals surface area contributed by atoms with Gasteiger partial charge in [-0.15, -0.1) is 0 Å². The molecule has 0 saturated carbocycles. The van der Waals surface area contributed by atoms with E-state index in [-0.39, 0.29) is 18.5 Å². The standard InChI is InChI=1S/C15H26FN3O/c1-4-19(8-5-9-20)11-12(2)15(17-3)14-7-6-13(16)10-18-14/h6-7,10,12,15,17,20H,4-5,8-9,11H2,1-3H3. The van der Waals surface area contributed by atoms with E-state index in [4.69, 9.17) is 5.11 Å². The fourth-order valence-corrected chi connectivity index (χ4v) is 2.48. The van der Waals surface area contributed by atoms with Gasteiger partial charge in [0, 0.05) is 19.7 Å². The zero-order valence-corrected chi connectivity index (χ0v) is 12.6. The number of hydrogen-bond acceptors (Lipinski definition) is 4. The van der Waals surface area contributed by atoms with Crippen LogP contribution in [0.15, 0.2) is 18.3 Å². The molecule has 0 amide bonds. The first-order chi connectivity index (χ1) is 9.62. The van der Waals surface area contributed by atoms with Gasteiger partial charge in [0.2, 0.25) is 0 Å². The van der Waals surface area contributed by atoms with Gasteiger partial charge in [0.05, 0.1) is 17.9 Å². The van der Waals surface area contributed by atoms with Gasteiger partial charge < -0.3 is 15.3 Å². The van der Waals surface area contributed by atoms with Crippen molar-refractivity contribution in [2.24, 2.45) is 5.92 Å². The number of rotatable bonds is 9. The molecule has 0 aliphatic rings. The van der Waals surface area contributed by atoms with Gasteiger partial charge in [0.1, 0.15) is 5.82 Å². The molecular weight excluding hydrogens is 257 g/mol. The maximum atomic E-state index is 12.9. The molecule has 0 fully saturated rings. The number of halogens is 1. The topological polar surface area (TPSA) is 48.4 Å². The fraction of sp³-hybridized carbons (Fsp3) is 0.667. The van der Waals surface area contributed by atoms with Crippen LogP contribution in [0.25, 0.3) is 0 Å². The van der Waals surface area contributed by atoms with Gasteiger partial charge in [-0.1, -0.05) is 13.8 Å². The molecule has 0 aromatic carbocycles. The van der Waals surface area contributed by atoms with Gasteiger partial charge in [-0.3, -0.25) is 4.98 Å². The van der Waals surface area contributed by atoms with E-state index in [1.807, 2.05) is 7.05 Å². The van der Waals surface area contributed by atoms with Crippen molar-refractivity contribution in [2.45, 2.75) is 26.3 Å². The molecule has 20 heavy (non-hydrogen) atoms. The first kappa shape index (κ1) is 17.0. The zero-order valence-electron chi connectivity index (χ0n) is 12.6. The summed E-state index contributed by atoms with van der Waals surface area (Å²) >= 11 is 0. The molecule has 2 N–H and O–H groups in total. The molecule has 5 heteroatoms. The van der Waals surface area contributed by atoms with E-state index >= 15 is 0 Å². The van der Waals surface area contributed by atoms with E-state index in [1.54, 1.807) is 6.07 Å². The lowest BCUT2D eigenvalue weighted by molar-refractivity contribution is 0.195. The summed E-state index contributed by atoms with van der Waals surface area (Å²) in [5.41, 5.74) is 0.861. The average Bonchev–Trinajstić information content (AvgIpc) is 2.46. The van der Waals surface area contributed by atoms with Crippen LogP contribution in [0.2, 0.25) is 0 Å². The summed E-state index contributed by atoms with van der Waals surface area (Å²) in [5.74, 6) is 0.0333. The summed E-state index contributed by atoms with van der Waals surface area (Å²) in [6.45, 7) is 7.27. The number of nitrogens with one attached hydrogen (secondary N) is 1. The maximum absolute atomic E-state index is 12.9. The molecule has 0 saturated heterocycles. The van der Waals surface area contributed by atoms with Crippen LogP contribution in [0.4, 0.5) is 4.39 Å². The van der Waals surface area contributed by atoms with Crippen molar-refractivity contribution in [1.82, 2.24) is 15.2 Å². The van der Waals surface area contributed by atoms with Crippen molar-refractivity contribution in [2.75, 3.05) is 33.3 Å². The highest BCUT2D eigenvalue weighted by molar-refractivity contribution is 5.10. The molecule has 114 valence electrons. The highest BCUT2D eigenvalue weighted by atomic mass is 19.1. The Kier molecular flexibility index (Phi) is 7.65. The van der Waals surface area contributed by atoms with E-state index in [2.05, 4.69) is 29.0 Å². The summed E-state index contributed by atoms with van der Waals surface area (Å²) in [7, 11) is 1.90. The Morgan fingerprint density at radius 1 is 1.45 bits per heavy atom. The Morgan fingerprint density at radius 2 is 2.20 bits per heavy atom. The van der Waals surface area contributed by atoms with Gasteiger partial charge in [-0.2, -0.15) is 0 Å². The second-order valence-corrected chi connectivity index (χ2v) is 5.12. The lowest BCUT2D eigenvalue weighted by Gasteiger charge is -2.29. The zero-order chi connectivity index (χ0) is 15.0.